The second kappa shape index (κ2) is 10.2. The Hall–Kier alpha value is -7.11. The van der Waals surface area contributed by atoms with Gasteiger partial charge in [-0.2, -0.15) is 0 Å². The van der Waals surface area contributed by atoms with Crippen LogP contribution in [-0.2, 0) is 0 Å². The molecular formula is C47H28N4O. The van der Waals surface area contributed by atoms with Gasteiger partial charge in [-0.15, -0.1) is 0 Å². The highest BCUT2D eigenvalue weighted by molar-refractivity contribution is 6.19. The van der Waals surface area contributed by atoms with Crippen molar-refractivity contribution in [2.24, 2.45) is 0 Å². The van der Waals surface area contributed by atoms with E-state index < -0.39 is 0 Å². The molecule has 0 saturated heterocycles. The Bertz CT molecular complexity index is 3410. The number of pyridine rings is 1. The number of hydrogen-bond donors (Lipinski definition) is 0. The zero-order valence-corrected chi connectivity index (χ0v) is 27.9. The highest BCUT2D eigenvalue weighted by atomic mass is 16.3. The van der Waals surface area contributed by atoms with E-state index in [0.29, 0.717) is 0 Å². The van der Waals surface area contributed by atoms with Gasteiger partial charge in [-0.1, -0.05) is 72.8 Å². The number of furan rings is 1. The van der Waals surface area contributed by atoms with Gasteiger partial charge >= 0.3 is 0 Å². The molecule has 0 saturated carbocycles. The Kier molecular flexibility index (Phi) is 5.44. The van der Waals surface area contributed by atoms with Crippen LogP contribution in [0, 0.1) is 0 Å². The molecule has 12 aromatic rings. The normalized spacial score (nSPS) is 12.2. The first-order chi connectivity index (χ1) is 25.8. The zero-order valence-electron chi connectivity index (χ0n) is 27.9. The summed E-state index contributed by atoms with van der Waals surface area (Å²) in [4.78, 5) is 4.90. The summed E-state index contributed by atoms with van der Waals surface area (Å²) in [6.07, 6.45) is 1.89. The fourth-order valence-corrected chi connectivity index (χ4v) is 8.66. The van der Waals surface area contributed by atoms with Crippen LogP contribution in [-0.4, -0.2) is 18.7 Å². The highest BCUT2D eigenvalue weighted by Crippen LogP contribution is 2.41. The van der Waals surface area contributed by atoms with E-state index >= 15 is 0 Å². The van der Waals surface area contributed by atoms with Gasteiger partial charge in [-0.05, 0) is 91.0 Å². The standard InChI is InChI=1S/C47H28N4O/c1-2-11-29(12-3-1)49-41-22-20-30(26-38(41)47-42(49)18-10-24-48-47)50-39-16-7-4-13-32(39)35-28-44-36(27-43(35)50)33-14-5-8-17-40(33)51(44)31-21-23-46-37(25-31)34-15-6-9-19-45(34)52-46/h1-28H. The number of rotatable bonds is 3. The minimum atomic E-state index is 0.898. The average molecular weight is 665 g/mol. The molecule has 0 aliphatic carbocycles. The van der Waals surface area contributed by atoms with Crippen molar-refractivity contribution in [3.05, 3.63) is 170 Å². The van der Waals surface area contributed by atoms with Crippen molar-refractivity contribution in [1.82, 2.24) is 18.7 Å². The van der Waals surface area contributed by atoms with Gasteiger partial charge in [-0.25, -0.2) is 0 Å². The minimum absolute atomic E-state index is 0.898. The molecule has 52 heavy (non-hydrogen) atoms. The van der Waals surface area contributed by atoms with Crippen molar-refractivity contribution in [3.63, 3.8) is 0 Å². The monoisotopic (exact) mass is 664 g/mol. The Morgan fingerprint density at radius 1 is 0.327 bits per heavy atom. The average Bonchev–Trinajstić information content (AvgIpc) is 3.93. The topological polar surface area (TPSA) is 40.8 Å². The lowest BCUT2D eigenvalue weighted by molar-refractivity contribution is 0.669. The van der Waals surface area contributed by atoms with Crippen molar-refractivity contribution in [1.29, 1.82) is 0 Å². The summed E-state index contributed by atoms with van der Waals surface area (Å²) in [6.45, 7) is 0. The van der Waals surface area contributed by atoms with Gasteiger partial charge in [0.1, 0.15) is 11.2 Å². The predicted molar refractivity (Wildman–Crippen MR) is 215 cm³/mol. The second-order valence-electron chi connectivity index (χ2n) is 13.6. The molecule has 0 unspecified atom stereocenters. The van der Waals surface area contributed by atoms with Gasteiger partial charge in [0, 0.05) is 61.0 Å². The zero-order chi connectivity index (χ0) is 33.9. The van der Waals surface area contributed by atoms with E-state index in [-0.39, 0.29) is 0 Å². The van der Waals surface area contributed by atoms with Crippen LogP contribution in [0.3, 0.4) is 0 Å². The smallest absolute Gasteiger partial charge is 0.135 e. The summed E-state index contributed by atoms with van der Waals surface area (Å²) in [5.74, 6) is 0. The maximum absolute atomic E-state index is 6.21. The predicted octanol–water partition coefficient (Wildman–Crippen LogP) is 12.3. The molecule has 0 fully saturated rings. The third-order valence-electron chi connectivity index (χ3n) is 10.9. The fourth-order valence-electron chi connectivity index (χ4n) is 8.66. The molecule has 0 aliphatic rings. The third-order valence-corrected chi connectivity index (χ3v) is 10.9. The molecule has 5 heteroatoms. The lowest BCUT2D eigenvalue weighted by atomic mass is 10.1. The van der Waals surface area contributed by atoms with Crippen molar-refractivity contribution in [2.45, 2.75) is 0 Å². The molecule has 0 N–H and O–H groups in total. The summed E-state index contributed by atoms with van der Waals surface area (Å²) in [6, 6.07) is 58.7. The van der Waals surface area contributed by atoms with E-state index in [1.165, 1.54) is 43.6 Å². The molecule has 0 radical (unpaired) electrons. The molecule has 0 aliphatic heterocycles. The summed E-state index contributed by atoms with van der Waals surface area (Å²) in [7, 11) is 0. The highest BCUT2D eigenvalue weighted by Gasteiger charge is 2.20. The van der Waals surface area contributed by atoms with Crippen LogP contribution in [0.4, 0.5) is 0 Å². The van der Waals surface area contributed by atoms with Crippen LogP contribution in [0.25, 0.3) is 105 Å². The molecule has 5 heterocycles. The molecule has 0 bridgehead atoms. The summed E-state index contributed by atoms with van der Waals surface area (Å²) in [5, 5.41) is 8.25. The molecule has 0 amide bonds. The van der Waals surface area contributed by atoms with Gasteiger partial charge in [-0.3, -0.25) is 4.98 Å². The Morgan fingerprint density at radius 2 is 0.865 bits per heavy atom. The maximum Gasteiger partial charge on any atom is 0.135 e. The minimum Gasteiger partial charge on any atom is -0.456 e. The lowest BCUT2D eigenvalue weighted by Crippen LogP contribution is -1.96. The van der Waals surface area contributed by atoms with Crippen molar-refractivity contribution in [3.8, 4) is 17.1 Å². The van der Waals surface area contributed by atoms with E-state index in [9.17, 15) is 0 Å². The SMILES string of the molecule is c1ccc(-n2c3ccc(-n4c5ccccc5c5cc6c(cc54)c4ccccc4n6-c4ccc5oc6ccccc6c5c4)cc3c3ncccc32)cc1. The molecule has 0 atom stereocenters. The van der Waals surface area contributed by atoms with Gasteiger partial charge in [0.2, 0.25) is 0 Å². The number of hydrogen-bond acceptors (Lipinski definition) is 2. The number of benzene rings is 7. The first-order valence-corrected chi connectivity index (χ1v) is 17.6. The van der Waals surface area contributed by atoms with Gasteiger partial charge in [0.15, 0.2) is 0 Å². The van der Waals surface area contributed by atoms with Crippen molar-refractivity contribution >= 4 is 87.5 Å². The molecular weight excluding hydrogens is 637 g/mol. The largest absolute Gasteiger partial charge is 0.456 e. The number of para-hydroxylation sites is 4. The van der Waals surface area contributed by atoms with E-state index in [4.69, 9.17) is 9.40 Å². The summed E-state index contributed by atoms with van der Waals surface area (Å²) >= 11 is 0. The van der Waals surface area contributed by atoms with Gasteiger partial charge < -0.3 is 18.1 Å². The Morgan fingerprint density at radius 3 is 1.60 bits per heavy atom. The van der Waals surface area contributed by atoms with Crippen molar-refractivity contribution in [2.75, 3.05) is 0 Å². The molecule has 242 valence electrons. The van der Waals surface area contributed by atoms with Crippen LogP contribution in [0.1, 0.15) is 0 Å². The van der Waals surface area contributed by atoms with E-state index in [2.05, 4.69) is 159 Å². The van der Waals surface area contributed by atoms with Gasteiger partial charge in [0.05, 0.1) is 38.6 Å². The van der Waals surface area contributed by atoms with Crippen LogP contribution in [0.5, 0.6) is 0 Å². The number of fused-ring (bicyclic) bond motifs is 12. The first-order valence-electron chi connectivity index (χ1n) is 17.6. The third kappa shape index (κ3) is 3.69. The second-order valence-corrected chi connectivity index (χ2v) is 13.6. The number of aromatic nitrogens is 4. The lowest BCUT2D eigenvalue weighted by Gasteiger charge is -2.11. The molecule has 12 rings (SSSR count). The van der Waals surface area contributed by atoms with Crippen LogP contribution < -0.4 is 0 Å². The van der Waals surface area contributed by atoms with Crippen LogP contribution >= 0.6 is 0 Å². The fraction of sp³-hybridized carbons (Fsp3) is 0. The van der Waals surface area contributed by atoms with E-state index in [0.717, 1.165) is 60.9 Å². The quantitative estimate of drug-likeness (QED) is 0.189. The van der Waals surface area contributed by atoms with Crippen molar-refractivity contribution < 1.29 is 4.42 Å². The first kappa shape index (κ1) is 27.7. The molecule has 7 aromatic carbocycles. The van der Waals surface area contributed by atoms with Crippen LogP contribution in [0.15, 0.2) is 174 Å². The van der Waals surface area contributed by atoms with E-state index in [1.54, 1.807) is 0 Å². The van der Waals surface area contributed by atoms with Gasteiger partial charge in [0.25, 0.3) is 0 Å². The molecule has 5 nitrogen and oxygen atoms in total. The number of nitrogens with zero attached hydrogens (tertiary/aromatic N) is 4. The molecule has 0 spiro atoms. The Balaban J connectivity index is 1.15. The Labute approximate surface area is 296 Å². The maximum atomic E-state index is 6.21. The molecule has 5 aromatic heterocycles. The summed E-state index contributed by atoms with van der Waals surface area (Å²) in [5.41, 5.74) is 13.1. The van der Waals surface area contributed by atoms with Crippen LogP contribution in [0.2, 0.25) is 0 Å². The summed E-state index contributed by atoms with van der Waals surface area (Å²) < 4.78 is 13.4. The van der Waals surface area contributed by atoms with E-state index in [1.807, 2.05) is 24.4 Å².